The van der Waals surface area contributed by atoms with Crippen LogP contribution < -0.4 is 4.74 Å². The number of carboxylic acids is 1. The van der Waals surface area contributed by atoms with E-state index in [-0.39, 0.29) is 24.9 Å². The fourth-order valence-electron chi connectivity index (χ4n) is 2.33. The third-order valence-corrected chi connectivity index (χ3v) is 3.57. The van der Waals surface area contributed by atoms with E-state index in [1.165, 1.54) is 0 Å². The van der Waals surface area contributed by atoms with Crippen molar-refractivity contribution in [3.8, 4) is 5.75 Å². The van der Waals surface area contributed by atoms with Crippen LogP contribution >= 0.6 is 0 Å². The molecule has 5 heteroatoms. The van der Waals surface area contributed by atoms with E-state index in [1.807, 2.05) is 31.2 Å². The predicted octanol–water partition coefficient (Wildman–Crippen LogP) is 1.69. The maximum Gasteiger partial charge on any atom is 0.308 e. The Kier molecular flexibility index (Phi) is 3.74. The molecule has 1 aromatic carbocycles. The minimum atomic E-state index is -0.905. The first-order chi connectivity index (χ1) is 9.02. The highest BCUT2D eigenvalue weighted by molar-refractivity contribution is 5.86. The third kappa shape index (κ3) is 2.70. The van der Waals surface area contributed by atoms with Crippen molar-refractivity contribution in [2.24, 2.45) is 5.92 Å². The smallest absolute Gasteiger partial charge is 0.308 e. The number of hydrogen-bond acceptors (Lipinski definition) is 3. The topological polar surface area (TPSA) is 66.8 Å². The Morgan fingerprint density at radius 3 is 2.53 bits per heavy atom. The van der Waals surface area contributed by atoms with E-state index in [9.17, 15) is 9.59 Å². The minimum Gasteiger partial charge on any atom is -0.497 e. The zero-order chi connectivity index (χ0) is 14.0. The Morgan fingerprint density at radius 1 is 1.42 bits per heavy atom. The molecule has 1 N–H and O–H groups in total. The SMILES string of the molecule is COc1ccc([C@H](C)N2C[C@@H](C(=O)O)CC2=O)cc1. The molecule has 0 aromatic heterocycles. The lowest BCUT2D eigenvalue weighted by molar-refractivity contribution is -0.141. The van der Waals surface area contributed by atoms with Gasteiger partial charge < -0.3 is 14.7 Å². The molecule has 0 spiro atoms. The summed E-state index contributed by atoms with van der Waals surface area (Å²) >= 11 is 0. The summed E-state index contributed by atoms with van der Waals surface area (Å²) in [6.45, 7) is 2.19. The molecule has 1 amide bonds. The molecular formula is C14H17NO4. The fourth-order valence-corrected chi connectivity index (χ4v) is 2.33. The quantitative estimate of drug-likeness (QED) is 0.897. The fraction of sp³-hybridized carbons (Fsp3) is 0.429. The van der Waals surface area contributed by atoms with Gasteiger partial charge in [0.15, 0.2) is 0 Å². The molecule has 1 heterocycles. The molecule has 1 saturated heterocycles. The molecule has 0 unspecified atom stereocenters. The lowest BCUT2D eigenvalue weighted by atomic mass is 10.1. The molecule has 102 valence electrons. The van der Waals surface area contributed by atoms with E-state index in [0.717, 1.165) is 11.3 Å². The van der Waals surface area contributed by atoms with E-state index in [2.05, 4.69) is 0 Å². The van der Waals surface area contributed by atoms with E-state index in [4.69, 9.17) is 9.84 Å². The standard InChI is InChI=1S/C14H17NO4/c1-9(10-3-5-12(19-2)6-4-10)15-8-11(14(17)18)7-13(15)16/h3-6,9,11H,7-8H2,1-2H3,(H,17,18)/t9-,11-/m0/s1. The van der Waals surface area contributed by atoms with Gasteiger partial charge >= 0.3 is 5.97 Å². The number of likely N-dealkylation sites (tertiary alicyclic amines) is 1. The van der Waals surface area contributed by atoms with Gasteiger partial charge in [-0.25, -0.2) is 0 Å². The highest BCUT2D eigenvalue weighted by Crippen LogP contribution is 2.29. The zero-order valence-corrected chi connectivity index (χ0v) is 11.0. The number of carbonyl (C=O) groups is 2. The van der Waals surface area contributed by atoms with Crippen LogP contribution in [-0.2, 0) is 9.59 Å². The number of carboxylic acid groups (broad SMARTS) is 1. The van der Waals surface area contributed by atoms with Crippen LogP contribution in [0.25, 0.3) is 0 Å². The highest BCUT2D eigenvalue weighted by atomic mass is 16.5. The lowest BCUT2D eigenvalue weighted by Gasteiger charge is -2.25. The summed E-state index contributed by atoms with van der Waals surface area (Å²) in [5, 5.41) is 8.97. The number of aliphatic carboxylic acids is 1. The predicted molar refractivity (Wildman–Crippen MR) is 68.9 cm³/mol. The average Bonchev–Trinajstić information content (AvgIpc) is 2.80. The molecule has 0 aliphatic carbocycles. The number of hydrogen-bond donors (Lipinski definition) is 1. The molecule has 5 nitrogen and oxygen atoms in total. The average molecular weight is 263 g/mol. The monoisotopic (exact) mass is 263 g/mol. The molecule has 0 bridgehead atoms. The van der Waals surface area contributed by atoms with E-state index >= 15 is 0 Å². The molecular weight excluding hydrogens is 246 g/mol. The van der Waals surface area contributed by atoms with Gasteiger partial charge in [-0.1, -0.05) is 12.1 Å². The van der Waals surface area contributed by atoms with Crippen LogP contribution in [0.15, 0.2) is 24.3 Å². The van der Waals surface area contributed by atoms with Crippen molar-refractivity contribution in [2.75, 3.05) is 13.7 Å². The normalized spacial score (nSPS) is 20.4. The first-order valence-corrected chi connectivity index (χ1v) is 6.19. The second-order valence-electron chi connectivity index (χ2n) is 4.73. The number of nitrogens with zero attached hydrogens (tertiary/aromatic N) is 1. The van der Waals surface area contributed by atoms with Gasteiger partial charge in [0.25, 0.3) is 0 Å². The first kappa shape index (κ1) is 13.4. The van der Waals surface area contributed by atoms with Gasteiger partial charge in [-0.05, 0) is 24.6 Å². The van der Waals surface area contributed by atoms with E-state index < -0.39 is 11.9 Å². The Hall–Kier alpha value is -2.04. The van der Waals surface area contributed by atoms with E-state index in [1.54, 1.807) is 12.0 Å². The molecule has 1 aromatic rings. The zero-order valence-electron chi connectivity index (χ0n) is 11.0. The number of carbonyl (C=O) groups excluding carboxylic acids is 1. The van der Waals surface area contributed by atoms with Crippen LogP contribution in [-0.4, -0.2) is 35.5 Å². The number of benzene rings is 1. The highest BCUT2D eigenvalue weighted by Gasteiger charge is 2.36. The lowest BCUT2D eigenvalue weighted by Crippen LogP contribution is -2.29. The van der Waals surface area contributed by atoms with Crippen molar-refractivity contribution in [1.82, 2.24) is 4.90 Å². The Bertz CT molecular complexity index is 483. The van der Waals surface area contributed by atoms with Gasteiger partial charge in [0.05, 0.1) is 19.1 Å². The van der Waals surface area contributed by atoms with Crippen LogP contribution in [0.4, 0.5) is 0 Å². The summed E-state index contributed by atoms with van der Waals surface area (Å²) in [6.07, 6.45) is 0.0931. The molecule has 2 rings (SSSR count). The van der Waals surface area contributed by atoms with Gasteiger partial charge in [0.1, 0.15) is 5.75 Å². The largest absolute Gasteiger partial charge is 0.497 e. The summed E-state index contributed by atoms with van der Waals surface area (Å²) in [7, 11) is 1.60. The van der Waals surface area contributed by atoms with Crippen LogP contribution in [0.5, 0.6) is 5.75 Å². The molecule has 2 atom stereocenters. The molecule has 1 aliphatic rings. The van der Waals surface area contributed by atoms with Crippen molar-refractivity contribution < 1.29 is 19.4 Å². The molecule has 1 aliphatic heterocycles. The van der Waals surface area contributed by atoms with Crippen LogP contribution in [0, 0.1) is 5.92 Å². The van der Waals surface area contributed by atoms with Crippen LogP contribution in [0.1, 0.15) is 24.9 Å². The van der Waals surface area contributed by atoms with E-state index in [0.29, 0.717) is 0 Å². The Labute approximate surface area is 111 Å². The first-order valence-electron chi connectivity index (χ1n) is 6.19. The van der Waals surface area contributed by atoms with Gasteiger partial charge in [-0.2, -0.15) is 0 Å². The van der Waals surface area contributed by atoms with Gasteiger partial charge in [-0.3, -0.25) is 9.59 Å². The van der Waals surface area contributed by atoms with Crippen molar-refractivity contribution in [1.29, 1.82) is 0 Å². The molecule has 19 heavy (non-hydrogen) atoms. The summed E-state index contributed by atoms with van der Waals surface area (Å²) < 4.78 is 5.09. The second kappa shape index (κ2) is 5.30. The van der Waals surface area contributed by atoms with Crippen LogP contribution in [0.2, 0.25) is 0 Å². The molecule has 0 radical (unpaired) electrons. The van der Waals surface area contributed by atoms with Crippen molar-refractivity contribution in [3.05, 3.63) is 29.8 Å². The number of amides is 1. The number of ether oxygens (including phenoxy) is 1. The van der Waals surface area contributed by atoms with Crippen molar-refractivity contribution >= 4 is 11.9 Å². The molecule has 1 fully saturated rings. The van der Waals surface area contributed by atoms with Gasteiger partial charge in [0, 0.05) is 13.0 Å². The maximum atomic E-state index is 11.9. The third-order valence-electron chi connectivity index (χ3n) is 3.57. The Balaban J connectivity index is 2.12. The molecule has 0 saturated carbocycles. The minimum absolute atomic E-state index is 0.0931. The number of rotatable bonds is 4. The number of methoxy groups -OCH3 is 1. The Morgan fingerprint density at radius 2 is 2.05 bits per heavy atom. The van der Waals surface area contributed by atoms with Crippen molar-refractivity contribution in [3.63, 3.8) is 0 Å². The van der Waals surface area contributed by atoms with Crippen molar-refractivity contribution in [2.45, 2.75) is 19.4 Å². The van der Waals surface area contributed by atoms with Gasteiger partial charge in [0.2, 0.25) is 5.91 Å². The summed E-state index contributed by atoms with van der Waals surface area (Å²) in [4.78, 5) is 24.4. The summed E-state index contributed by atoms with van der Waals surface area (Å²) in [5.41, 5.74) is 0.972. The summed E-state index contributed by atoms with van der Waals surface area (Å²) in [5.74, 6) is -0.839. The second-order valence-corrected chi connectivity index (χ2v) is 4.73. The van der Waals surface area contributed by atoms with Crippen LogP contribution in [0.3, 0.4) is 0 Å². The van der Waals surface area contributed by atoms with Gasteiger partial charge in [-0.15, -0.1) is 0 Å². The summed E-state index contributed by atoms with van der Waals surface area (Å²) in [6, 6.07) is 7.33. The maximum absolute atomic E-state index is 11.9.